The monoisotopic (exact) mass is 244 g/mol. The SMILES string of the molecule is Cc1cccc2c1cc(C1COCCCN1)n2C. The van der Waals surface area contributed by atoms with Crippen LogP contribution >= 0.6 is 0 Å². The van der Waals surface area contributed by atoms with Crippen molar-refractivity contribution < 1.29 is 4.74 Å². The third-order valence-corrected chi connectivity index (χ3v) is 3.84. The van der Waals surface area contributed by atoms with E-state index in [-0.39, 0.29) is 0 Å². The maximum absolute atomic E-state index is 5.67. The molecule has 0 saturated carbocycles. The van der Waals surface area contributed by atoms with Crippen LogP contribution in [-0.4, -0.2) is 24.3 Å². The summed E-state index contributed by atoms with van der Waals surface area (Å²) in [6.45, 7) is 4.84. The summed E-state index contributed by atoms with van der Waals surface area (Å²) >= 11 is 0. The number of benzene rings is 1. The molecule has 1 N–H and O–H groups in total. The Balaban J connectivity index is 2.06. The molecule has 3 rings (SSSR count). The van der Waals surface area contributed by atoms with Gasteiger partial charge in [0.1, 0.15) is 0 Å². The van der Waals surface area contributed by atoms with Gasteiger partial charge >= 0.3 is 0 Å². The highest BCUT2D eigenvalue weighted by atomic mass is 16.5. The van der Waals surface area contributed by atoms with Crippen LogP contribution in [0.1, 0.15) is 23.7 Å². The summed E-state index contributed by atoms with van der Waals surface area (Å²) in [4.78, 5) is 0. The molecule has 18 heavy (non-hydrogen) atoms. The number of hydrogen-bond acceptors (Lipinski definition) is 2. The first-order valence-corrected chi connectivity index (χ1v) is 6.63. The first kappa shape index (κ1) is 11.8. The van der Waals surface area contributed by atoms with E-state index >= 15 is 0 Å². The Hall–Kier alpha value is -1.32. The van der Waals surface area contributed by atoms with Crippen molar-refractivity contribution in [3.8, 4) is 0 Å². The van der Waals surface area contributed by atoms with Crippen LogP contribution in [0.25, 0.3) is 10.9 Å². The zero-order valence-electron chi connectivity index (χ0n) is 11.1. The fourth-order valence-corrected chi connectivity index (χ4v) is 2.76. The summed E-state index contributed by atoms with van der Waals surface area (Å²) in [5.74, 6) is 0. The third kappa shape index (κ3) is 1.93. The maximum Gasteiger partial charge on any atom is 0.0712 e. The lowest BCUT2D eigenvalue weighted by Gasteiger charge is -2.16. The normalized spacial score (nSPS) is 21.1. The lowest BCUT2D eigenvalue weighted by Crippen LogP contribution is -2.25. The van der Waals surface area contributed by atoms with E-state index in [2.05, 4.69) is 48.1 Å². The summed E-state index contributed by atoms with van der Waals surface area (Å²) in [7, 11) is 2.14. The number of nitrogens with one attached hydrogen (secondary N) is 1. The van der Waals surface area contributed by atoms with Gasteiger partial charge in [-0.25, -0.2) is 0 Å². The smallest absolute Gasteiger partial charge is 0.0712 e. The molecule has 1 unspecified atom stereocenters. The van der Waals surface area contributed by atoms with Crippen molar-refractivity contribution in [3.63, 3.8) is 0 Å². The van der Waals surface area contributed by atoms with Gasteiger partial charge in [0.15, 0.2) is 0 Å². The molecular formula is C15H20N2O. The third-order valence-electron chi connectivity index (χ3n) is 3.84. The average molecular weight is 244 g/mol. The topological polar surface area (TPSA) is 26.2 Å². The van der Waals surface area contributed by atoms with Crippen LogP contribution in [0, 0.1) is 6.92 Å². The highest BCUT2D eigenvalue weighted by molar-refractivity contribution is 5.84. The van der Waals surface area contributed by atoms with E-state index in [4.69, 9.17) is 4.74 Å². The molecule has 0 bridgehead atoms. The summed E-state index contributed by atoms with van der Waals surface area (Å²) in [5.41, 5.74) is 3.96. The van der Waals surface area contributed by atoms with Gasteiger partial charge in [-0.1, -0.05) is 12.1 Å². The van der Waals surface area contributed by atoms with Gasteiger partial charge < -0.3 is 14.6 Å². The van der Waals surface area contributed by atoms with Crippen molar-refractivity contribution in [2.75, 3.05) is 19.8 Å². The van der Waals surface area contributed by atoms with E-state index in [0.29, 0.717) is 6.04 Å². The first-order chi connectivity index (χ1) is 8.77. The number of aryl methyl sites for hydroxylation is 2. The molecule has 2 aromatic rings. The van der Waals surface area contributed by atoms with Gasteiger partial charge in [0.25, 0.3) is 0 Å². The molecule has 0 spiro atoms. The number of hydrogen-bond donors (Lipinski definition) is 1. The predicted octanol–water partition coefficient (Wildman–Crippen LogP) is 2.54. The number of aromatic nitrogens is 1. The van der Waals surface area contributed by atoms with E-state index in [9.17, 15) is 0 Å². The first-order valence-electron chi connectivity index (χ1n) is 6.63. The largest absolute Gasteiger partial charge is 0.379 e. The Labute approximate surface area is 108 Å². The molecule has 0 radical (unpaired) electrons. The molecule has 2 heterocycles. The maximum atomic E-state index is 5.67. The van der Waals surface area contributed by atoms with Gasteiger partial charge in [-0.05, 0) is 37.6 Å². The second-order valence-corrected chi connectivity index (χ2v) is 5.07. The van der Waals surface area contributed by atoms with Gasteiger partial charge in [0, 0.05) is 30.3 Å². The quantitative estimate of drug-likeness (QED) is 0.834. The minimum Gasteiger partial charge on any atom is -0.379 e. The minimum atomic E-state index is 0.310. The zero-order chi connectivity index (χ0) is 12.5. The summed E-state index contributed by atoms with van der Waals surface area (Å²) in [6, 6.07) is 9.09. The highest BCUT2D eigenvalue weighted by Gasteiger charge is 2.18. The molecule has 0 aliphatic carbocycles. The molecule has 1 saturated heterocycles. The molecule has 3 nitrogen and oxygen atoms in total. The van der Waals surface area contributed by atoms with E-state index in [1.54, 1.807) is 0 Å². The zero-order valence-corrected chi connectivity index (χ0v) is 11.1. The van der Waals surface area contributed by atoms with Gasteiger partial charge in [0.05, 0.1) is 12.6 Å². The summed E-state index contributed by atoms with van der Waals surface area (Å²) in [6.07, 6.45) is 1.10. The van der Waals surface area contributed by atoms with Crippen LogP contribution in [-0.2, 0) is 11.8 Å². The van der Waals surface area contributed by atoms with Crippen molar-refractivity contribution in [3.05, 3.63) is 35.5 Å². The van der Waals surface area contributed by atoms with Gasteiger partial charge in [-0.3, -0.25) is 0 Å². The Bertz CT molecular complexity index is 551. The molecule has 0 amide bonds. The number of nitrogens with zero attached hydrogens (tertiary/aromatic N) is 1. The molecule has 1 atom stereocenters. The lowest BCUT2D eigenvalue weighted by molar-refractivity contribution is 0.130. The fourth-order valence-electron chi connectivity index (χ4n) is 2.76. The molecule has 3 heteroatoms. The lowest BCUT2D eigenvalue weighted by atomic mass is 10.1. The van der Waals surface area contributed by atoms with Crippen molar-refractivity contribution in [2.24, 2.45) is 7.05 Å². The summed E-state index contributed by atoms with van der Waals surface area (Å²) < 4.78 is 7.95. The Morgan fingerprint density at radius 2 is 2.28 bits per heavy atom. The van der Waals surface area contributed by atoms with Crippen molar-refractivity contribution >= 4 is 10.9 Å². The number of ether oxygens (including phenoxy) is 1. The molecule has 96 valence electrons. The molecule has 1 aliphatic rings. The Kier molecular flexibility index (Phi) is 3.10. The molecule has 1 fully saturated rings. The fraction of sp³-hybridized carbons (Fsp3) is 0.467. The van der Waals surface area contributed by atoms with E-state index in [0.717, 1.165) is 26.2 Å². The molecule has 1 aromatic carbocycles. The number of fused-ring (bicyclic) bond motifs is 1. The van der Waals surface area contributed by atoms with E-state index in [1.165, 1.54) is 22.2 Å². The van der Waals surface area contributed by atoms with E-state index in [1.807, 2.05) is 0 Å². The van der Waals surface area contributed by atoms with Crippen molar-refractivity contribution in [1.29, 1.82) is 0 Å². The van der Waals surface area contributed by atoms with Crippen molar-refractivity contribution in [2.45, 2.75) is 19.4 Å². The van der Waals surface area contributed by atoms with Crippen LogP contribution in [0.5, 0.6) is 0 Å². The van der Waals surface area contributed by atoms with Crippen LogP contribution in [0.2, 0.25) is 0 Å². The molecule has 1 aliphatic heterocycles. The van der Waals surface area contributed by atoms with Crippen LogP contribution in [0.4, 0.5) is 0 Å². The predicted molar refractivity (Wildman–Crippen MR) is 73.8 cm³/mol. The van der Waals surface area contributed by atoms with Crippen LogP contribution in [0.3, 0.4) is 0 Å². The Morgan fingerprint density at radius 1 is 1.39 bits per heavy atom. The van der Waals surface area contributed by atoms with Gasteiger partial charge in [-0.2, -0.15) is 0 Å². The second-order valence-electron chi connectivity index (χ2n) is 5.07. The standard InChI is InChI=1S/C15H20N2O/c1-11-5-3-6-14-12(11)9-15(17(14)2)13-10-18-8-4-7-16-13/h3,5-6,9,13,16H,4,7-8,10H2,1-2H3. The second kappa shape index (κ2) is 4.75. The minimum absolute atomic E-state index is 0.310. The average Bonchev–Trinajstić information content (AvgIpc) is 2.57. The van der Waals surface area contributed by atoms with Crippen molar-refractivity contribution in [1.82, 2.24) is 9.88 Å². The van der Waals surface area contributed by atoms with Crippen LogP contribution in [0.15, 0.2) is 24.3 Å². The molecule has 1 aromatic heterocycles. The van der Waals surface area contributed by atoms with Gasteiger partial charge in [-0.15, -0.1) is 0 Å². The van der Waals surface area contributed by atoms with E-state index < -0.39 is 0 Å². The van der Waals surface area contributed by atoms with Gasteiger partial charge in [0.2, 0.25) is 0 Å². The highest BCUT2D eigenvalue weighted by Crippen LogP contribution is 2.26. The number of rotatable bonds is 1. The van der Waals surface area contributed by atoms with Crippen LogP contribution < -0.4 is 5.32 Å². The molecular weight excluding hydrogens is 224 g/mol. The summed E-state index contributed by atoms with van der Waals surface area (Å²) in [5, 5.41) is 4.92. The Morgan fingerprint density at radius 3 is 3.11 bits per heavy atom.